The Morgan fingerprint density at radius 3 is 2.19 bits per heavy atom. The summed E-state index contributed by atoms with van der Waals surface area (Å²) in [4.78, 5) is 12.0. The third-order valence-corrected chi connectivity index (χ3v) is 5.92. The molecular formula is C21H23N5O5S. The second-order valence-corrected chi connectivity index (χ2v) is 8.25. The van der Waals surface area contributed by atoms with Gasteiger partial charge >= 0.3 is 0 Å². The van der Waals surface area contributed by atoms with Gasteiger partial charge in [-0.2, -0.15) is 4.98 Å². The molecule has 0 atom stereocenters. The summed E-state index contributed by atoms with van der Waals surface area (Å²) in [5.41, 5.74) is 8.04. The van der Waals surface area contributed by atoms with Gasteiger partial charge in [0, 0.05) is 18.2 Å². The highest BCUT2D eigenvalue weighted by molar-refractivity contribution is 7.92. The molecule has 1 aromatic heterocycles. The van der Waals surface area contributed by atoms with Crippen molar-refractivity contribution in [2.75, 3.05) is 31.8 Å². The first-order chi connectivity index (χ1) is 15.3. The highest BCUT2D eigenvalue weighted by atomic mass is 32.2. The Bertz CT molecular complexity index is 1200. The third kappa shape index (κ3) is 4.89. The normalized spacial score (nSPS) is 11.0. The molecule has 168 valence electrons. The van der Waals surface area contributed by atoms with Gasteiger partial charge in [0.15, 0.2) is 11.5 Å². The molecule has 0 saturated carbocycles. The fraction of sp³-hybridized carbons (Fsp3) is 0.190. The number of methoxy groups -OCH3 is 3. The van der Waals surface area contributed by atoms with E-state index < -0.39 is 10.0 Å². The summed E-state index contributed by atoms with van der Waals surface area (Å²) in [6.07, 6.45) is 1.83. The first-order valence-corrected chi connectivity index (χ1v) is 10.8. The van der Waals surface area contributed by atoms with Gasteiger partial charge < -0.3 is 19.9 Å². The van der Waals surface area contributed by atoms with Gasteiger partial charge in [-0.05, 0) is 48.7 Å². The van der Waals surface area contributed by atoms with E-state index in [0.29, 0.717) is 34.9 Å². The number of hydrogen-bond acceptors (Lipinski definition) is 9. The van der Waals surface area contributed by atoms with E-state index >= 15 is 0 Å². The molecule has 3 rings (SSSR count). The molecule has 2 aromatic carbocycles. The lowest BCUT2D eigenvalue weighted by molar-refractivity contribution is 0.324. The minimum atomic E-state index is -3.89. The molecule has 0 amide bonds. The monoisotopic (exact) mass is 457 g/mol. The Morgan fingerprint density at radius 1 is 1.06 bits per heavy atom. The zero-order valence-corrected chi connectivity index (χ0v) is 18.6. The Kier molecular flexibility index (Phi) is 6.79. The lowest BCUT2D eigenvalue weighted by atomic mass is 10.1. The number of hydrogen-bond donors (Lipinski definition) is 2. The molecule has 1 heterocycles. The predicted octanol–water partition coefficient (Wildman–Crippen LogP) is 2.81. The summed E-state index contributed by atoms with van der Waals surface area (Å²) in [7, 11) is 0.689. The van der Waals surface area contributed by atoms with Crippen molar-refractivity contribution < 1.29 is 22.6 Å². The molecule has 32 heavy (non-hydrogen) atoms. The zero-order chi connectivity index (χ0) is 23.3. The maximum Gasteiger partial charge on any atom is 0.264 e. The number of sulfonamides is 1. The van der Waals surface area contributed by atoms with Crippen LogP contribution in [0.2, 0.25) is 0 Å². The van der Waals surface area contributed by atoms with E-state index in [1.165, 1.54) is 51.8 Å². The van der Waals surface area contributed by atoms with Crippen molar-refractivity contribution >= 4 is 34.2 Å². The number of aliphatic imine (C=N–C) groups is 1. The number of nitrogens with two attached hydrogens (primary N) is 1. The van der Waals surface area contributed by atoms with Crippen LogP contribution in [0.4, 0.5) is 17.5 Å². The highest BCUT2D eigenvalue weighted by Crippen LogP contribution is 2.38. The zero-order valence-electron chi connectivity index (χ0n) is 17.8. The van der Waals surface area contributed by atoms with E-state index in [9.17, 15) is 8.42 Å². The molecule has 0 unspecified atom stereocenters. The van der Waals surface area contributed by atoms with Crippen molar-refractivity contribution in [3.63, 3.8) is 0 Å². The van der Waals surface area contributed by atoms with Crippen molar-refractivity contribution in [3.05, 3.63) is 53.7 Å². The number of aromatic nitrogens is 2. The fourth-order valence-corrected chi connectivity index (χ4v) is 3.92. The number of nitrogens with one attached hydrogen (secondary N) is 1. The fourth-order valence-electron chi connectivity index (χ4n) is 2.97. The van der Waals surface area contributed by atoms with Crippen LogP contribution in [0.25, 0.3) is 0 Å². The summed E-state index contributed by atoms with van der Waals surface area (Å²) >= 11 is 0. The lowest BCUT2D eigenvalue weighted by Gasteiger charge is -2.14. The molecule has 0 aliphatic carbocycles. The van der Waals surface area contributed by atoms with Crippen LogP contribution >= 0.6 is 0 Å². The van der Waals surface area contributed by atoms with E-state index in [4.69, 9.17) is 19.9 Å². The molecule has 0 spiro atoms. The van der Waals surface area contributed by atoms with Crippen LogP contribution in [0, 0.1) is 0 Å². The van der Waals surface area contributed by atoms with E-state index in [1.54, 1.807) is 12.1 Å². The van der Waals surface area contributed by atoms with Crippen LogP contribution in [-0.2, 0) is 16.4 Å². The molecule has 3 aromatic rings. The Hall–Kier alpha value is -3.86. The van der Waals surface area contributed by atoms with Crippen molar-refractivity contribution in [1.29, 1.82) is 0 Å². The highest BCUT2D eigenvalue weighted by Gasteiger charge is 2.18. The summed E-state index contributed by atoms with van der Waals surface area (Å²) in [5.74, 6) is 1.48. The van der Waals surface area contributed by atoms with E-state index in [1.807, 2.05) is 0 Å². The SMILES string of the molecule is C=Nc1ccc(S(=O)(=O)Nc2ncc(Cc3cc(OC)c(OC)c(OC)c3)c(N)n2)cc1. The largest absolute Gasteiger partial charge is 0.493 e. The Morgan fingerprint density at radius 2 is 1.69 bits per heavy atom. The number of ether oxygens (including phenoxy) is 3. The smallest absolute Gasteiger partial charge is 0.264 e. The van der Waals surface area contributed by atoms with Gasteiger partial charge in [0.25, 0.3) is 10.0 Å². The average Bonchev–Trinajstić information content (AvgIpc) is 2.79. The third-order valence-electron chi connectivity index (χ3n) is 4.57. The van der Waals surface area contributed by atoms with Gasteiger partial charge in [-0.25, -0.2) is 18.1 Å². The van der Waals surface area contributed by atoms with Gasteiger partial charge in [0.05, 0.1) is 31.9 Å². The maximum atomic E-state index is 12.6. The van der Waals surface area contributed by atoms with Gasteiger partial charge in [-0.15, -0.1) is 0 Å². The molecular weight excluding hydrogens is 434 g/mol. The number of nitrogens with zero attached hydrogens (tertiary/aromatic N) is 3. The topological polar surface area (TPSA) is 138 Å². The van der Waals surface area contributed by atoms with Crippen molar-refractivity contribution in [1.82, 2.24) is 9.97 Å². The summed E-state index contributed by atoms with van der Waals surface area (Å²) in [6, 6.07) is 9.48. The Labute approximate surface area is 186 Å². The summed E-state index contributed by atoms with van der Waals surface area (Å²) < 4.78 is 43.5. The van der Waals surface area contributed by atoms with Crippen LogP contribution in [-0.4, -0.2) is 46.4 Å². The van der Waals surface area contributed by atoms with Crippen LogP contribution < -0.4 is 24.7 Å². The molecule has 0 fully saturated rings. The molecule has 3 N–H and O–H groups in total. The van der Waals surface area contributed by atoms with Crippen LogP contribution in [0.15, 0.2) is 52.5 Å². The lowest BCUT2D eigenvalue weighted by Crippen LogP contribution is -2.16. The van der Waals surface area contributed by atoms with Crippen LogP contribution in [0.1, 0.15) is 11.1 Å². The minimum Gasteiger partial charge on any atom is -0.493 e. The molecule has 0 aliphatic rings. The second kappa shape index (κ2) is 9.52. The second-order valence-electron chi connectivity index (χ2n) is 6.57. The first-order valence-electron chi connectivity index (χ1n) is 9.31. The maximum absolute atomic E-state index is 12.6. The van der Waals surface area contributed by atoms with Gasteiger partial charge in [0.2, 0.25) is 11.7 Å². The predicted molar refractivity (Wildman–Crippen MR) is 122 cm³/mol. The number of nitrogen functional groups attached to an aromatic ring is 1. The number of benzene rings is 2. The van der Waals surface area contributed by atoms with E-state index in [-0.39, 0.29) is 16.7 Å². The summed E-state index contributed by atoms with van der Waals surface area (Å²) in [6.45, 7) is 3.40. The van der Waals surface area contributed by atoms with Crippen molar-refractivity contribution in [3.8, 4) is 17.2 Å². The molecule has 11 heteroatoms. The van der Waals surface area contributed by atoms with Crippen LogP contribution in [0.5, 0.6) is 17.2 Å². The average molecular weight is 458 g/mol. The van der Waals surface area contributed by atoms with Gasteiger partial charge in [-0.3, -0.25) is 4.99 Å². The van der Waals surface area contributed by atoms with Gasteiger partial charge in [0.1, 0.15) is 5.82 Å². The molecule has 0 saturated heterocycles. The Balaban J connectivity index is 1.83. The molecule has 0 radical (unpaired) electrons. The van der Waals surface area contributed by atoms with E-state index in [2.05, 4.69) is 26.4 Å². The standard InChI is InChI=1S/C21H23N5O5S/c1-23-15-5-7-16(8-6-15)32(27,28)26-21-24-12-14(20(22)25-21)9-13-10-17(29-2)19(31-4)18(11-13)30-3/h5-8,10-12H,1,9H2,2-4H3,(H3,22,24,25,26). The molecule has 10 nitrogen and oxygen atoms in total. The summed E-state index contributed by atoms with van der Waals surface area (Å²) in [5, 5.41) is 0. The number of rotatable bonds is 9. The molecule has 0 bridgehead atoms. The minimum absolute atomic E-state index is 0.0357. The van der Waals surface area contributed by atoms with Crippen molar-refractivity contribution in [2.24, 2.45) is 4.99 Å². The quantitative estimate of drug-likeness (QED) is 0.468. The van der Waals surface area contributed by atoms with Gasteiger partial charge in [-0.1, -0.05) is 0 Å². The van der Waals surface area contributed by atoms with E-state index in [0.717, 1.165) is 5.56 Å². The van der Waals surface area contributed by atoms with Crippen LogP contribution in [0.3, 0.4) is 0 Å². The first kappa shape index (κ1) is 22.8. The molecule has 0 aliphatic heterocycles. The number of anilines is 2. The van der Waals surface area contributed by atoms with Crippen molar-refractivity contribution in [2.45, 2.75) is 11.3 Å².